The molecule has 1 aromatic heterocycles. The van der Waals surface area contributed by atoms with E-state index in [-0.39, 0.29) is 31.7 Å². The van der Waals surface area contributed by atoms with Gasteiger partial charge in [0, 0.05) is 34.5 Å². The second-order valence-electron chi connectivity index (χ2n) is 10.6. The van der Waals surface area contributed by atoms with Gasteiger partial charge in [0.25, 0.3) is 0 Å². The van der Waals surface area contributed by atoms with Crippen LogP contribution in [0.1, 0.15) is 19.3 Å². The number of benzene rings is 2. The Kier molecular flexibility index (Phi) is 6.25. The predicted octanol–water partition coefficient (Wildman–Crippen LogP) is 0.255. The van der Waals surface area contributed by atoms with E-state index in [0.29, 0.717) is 5.69 Å². The SMILES string of the molecule is CNC(=O)Cn1c2ccccc2c2cc(NC(=O)C3(CO)CC4(CO)CC(CO)(C3)C(=O)NC4=O)ccc21. The van der Waals surface area contributed by atoms with Gasteiger partial charge in [-0.25, -0.2) is 0 Å². The number of imide groups is 1. The van der Waals surface area contributed by atoms with Crippen molar-refractivity contribution in [2.45, 2.75) is 25.8 Å². The van der Waals surface area contributed by atoms with Crippen LogP contribution in [0.15, 0.2) is 42.5 Å². The highest BCUT2D eigenvalue weighted by molar-refractivity contribution is 6.11. The zero-order valence-corrected chi connectivity index (χ0v) is 20.9. The Bertz CT molecular complexity index is 1450. The molecule has 2 aromatic carbocycles. The lowest BCUT2D eigenvalue weighted by atomic mass is 9.50. The first-order valence-corrected chi connectivity index (χ1v) is 12.4. The van der Waals surface area contributed by atoms with Crippen LogP contribution in [0.25, 0.3) is 21.8 Å². The van der Waals surface area contributed by atoms with Crippen molar-refractivity contribution in [3.8, 4) is 0 Å². The predicted molar refractivity (Wildman–Crippen MR) is 138 cm³/mol. The molecule has 4 amide bonds. The largest absolute Gasteiger partial charge is 0.395 e. The number of carbonyl (C=O) groups excluding carboxylic acids is 4. The molecule has 2 aliphatic rings. The minimum Gasteiger partial charge on any atom is -0.395 e. The Morgan fingerprint density at radius 1 is 0.895 bits per heavy atom. The lowest BCUT2D eigenvalue weighted by Crippen LogP contribution is -2.68. The Morgan fingerprint density at radius 3 is 2.13 bits per heavy atom. The molecule has 2 heterocycles. The number of piperidine rings is 1. The third-order valence-corrected chi connectivity index (χ3v) is 8.22. The lowest BCUT2D eigenvalue weighted by molar-refractivity contribution is -0.177. The van der Waals surface area contributed by atoms with Gasteiger partial charge in [-0.2, -0.15) is 0 Å². The molecule has 11 nitrogen and oxygen atoms in total. The highest BCUT2D eigenvalue weighted by Crippen LogP contribution is 2.57. The standard InChI is InChI=1S/C27H30N4O7/c1-28-21(35)9-31-19-5-3-2-4-17(19)18-8-16(6-7-20(18)31)29-22(36)25(13-32)10-26(14-33)12-27(11-25,15-34)24(38)30-23(26)37/h2-8,32-34H,9-15H2,1H3,(H,28,35)(H,29,36)(H,30,37,38). The first-order valence-electron chi connectivity index (χ1n) is 12.4. The van der Waals surface area contributed by atoms with Crippen molar-refractivity contribution in [1.82, 2.24) is 15.2 Å². The van der Waals surface area contributed by atoms with Crippen LogP contribution in [0, 0.1) is 16.2 Å². The minimum absolute atomic E-state index is 0.108. The number of aromatic nitrogens is 1. The zero-order valence-electron chi connectivity index (χ0n) is 20.9. The van der Waals surface area contributed by atoms with E-state index >= 15 is 0 Å². The van der Waals surface area contributed by atoms with Gasteiger partial charge in [0.2, 0.25) is 23.6 Å². The van der Waals surface area contributed by atoms with E-state index < -0.39 is 53.8 Å². The van der Waals surface area contributed by atoms with Crippen molar-refractivity contribution in [2.24, 2.45) is 16.2 Å². The Balaban J connectivity index is 1.54. The number of para-hydroxylation sites is 1. The molecule has 0 spiro atoms. The van der Waals surface area contributed by atoms with E-state index in [9.17, 15) is 34.5 Å². The molecule has 2 atom stereocenters. The van der Waals surface area contributed by atoms with Crippen LogP contribution in [0.5, 0.6) is 0 Å². The maximum absolute atomic E-state index is 13.7. The van der Waals surface area contributed by atoms with Gasteiger partial charge in [-0.15, -0.1) is 0 Å². The summed E-state index contributed by atoms with van der Waals surface area (Å²) in [5, 5.41) is 40.1. The summed E-state index contributed by atoms with van der Waals surface area (Å²) in [6, 6.07) is 12.8. The molecule has 1 aliphatic heterocycles. The van der Waals surface area contributed by atoms with E-state index in [1.165, 1.54) is 0 Å². The molecule has 5 rings (SSSR count). The number of aliphatic hydroxyl groups is 3. The van der Waals surface area contributed by atoms with Gasteiger partial charge in [0.05, 0.1) is 36.1 Å². The van der Waals surface area contributed by atoms with E-state index in [1.54, 1.807) is 25.2 Å². The van der Waals surface area contributed by atoms with Crippen molar-refractivity contribution in [2.75, 3.05) is 32.2 Å². The van der Waals surface area contributed by atoms with Crippen LogP contribution in [0.3, 0.4) is 0 Å². The summed E-state index contributed by atoms with van der Waals surface area (Å²) < 4.78 is 1.88. The Morgan fingerprint density at radius 2 is 1.53 bits per heavy atom. The fourth-order valence-electron chi connectivity index (χ4n) is 6.32. The molecule has 1 aliphatic carbocycles. The van der Waals surface area contributed by atoms with E-state index in [0.717, 1.165) is 21.8 Å². The van der Waals surface area contributed by atoms with Gasteiger partial charge < -0.3 is 30.5 Å². The summed E-state index contributed by atoms with van der Waals surface area (Å²) in [5.41, 5.74) is -2.53. The summed E-state index contributed by atoms with van der Waals surface area (Å²) in [7, 11) is 1.57. The molecular weight excluding hydrogens is 492 g/mol. The molecule has 3 aromatic rings. The maximum Gasteiger partial charge on any atom is 0.239 e. The first-order chi connectivity index (χ1) is 18.2. The van der Waals surface area contributed by atoms with Crippen LogP contribution < -0.4 is 16.0 Å². The third-order valence-electron chi connectivity index (χ3n) is 8.22. The number of nitrogens with one attached hydrogen (secondary N) is 3. The monoisotopic (exact) mass is 522 g/mol. The third kappa shape index (κ3) is 3.77. The van der Waals surface area contributed by atoms with Gasteiger partial charge in [0.1, 0.15) is 6.54 Å². The molecule has 1 saturated heterocycles. The van der Waals surface area contributed by atoms with Crippen LogP contribution in [-0.2, 0) is 25.7 Å². The Hall–Kier alpha value is -3.80. The molecule has 2 bridgehead atoms. The first kappa shape index (κ1) is 25.8. The molecular formula is C27H30N4O7. The number of aliphatic hydroxyl groups excluding tert-OH is 3. The molecule has 11 heteroatoms. The van der Waals surface area contributed by atoms with Crippen LogP contribution in [-0.4, -0.2) is 70.4 Å². The van der Waals surface area contributed by atoms with Gasteiger partial charge in [-0.1, -0.05) is 18.2 Å². The van der Waals surface area contributed by atoms with Crippen molar-refractivity contribution in [3.63, 3.8) is 0 Å². The summed E-state index contributed by atoms with van der Waals surface area (Å²) in [6.45, 7) is -1.85. The molecule has 2 fully saturated rings. The van der Waals surface area contributed by atoms with Gasteiger partial charge in [0.15, 0.2) is 0 Å². The maximum atomic E-state index is 13.7. The fourth-order valence-corrected chi connectivity index (χ4v) is 6.32. The summed E-state index contributed by atoms with van der Waals surface area (Å²) in [5.74, 6) is -2.22. The number of hydrogen-bond acceptors (Lipinski definition) is 7. The Labute approximate surface area is 217 Å². The summed E-state index contributed by atoms with van der Waals surface area (Å²) in [4.78, 5) is 51.4. The molecule has 38 heavy (non-hydrogen) atoms. The van der Waals surface area contributed by atoms with Gasteiger partial charge in [-0.3, -0.25) is 24.5 Å². The van der Waals surface area contributed by atoms with Crippen molar-refractivity contribution >= 4 is 51.1 Å². The number of nitrogens with zero attached hydrogens (tertiary/aromatic N) is 1. The highest BCUT2D eigenvalue weighted by atomic mass is 16.3. The minimum atomic E-state index is -1.60. The zero-order chi connectivity index (χ0) is 27.3. The van der Waals surface area contributed by atoms with Crippen molar-refractivity contribution < 1.29 is 34.5 Å². The number of anilines is 1. The number of amides is 4. The van der Waals surface area contributed by atoms with Crippen molar-refractivity contribution in [3.05, 3.63) is 42.5 Å². The molecule has 1 saturated carbocycles. The van der Waals surface area contributed by atoms with E-state index in [1.807, 2.05) is 28.8 Å². The van der Waals surface area contributed by atoms with E-state index in [4.69, 9.17) is 0 Å². The number of rotatable bonds is 7. The van der Waals surface area contributed by atoms with Crippen LogP contribution in [0.2, 0.25) is 0 Å². The summed E-state index contributed by atoms with van der Waals surface area (Å²) >= 11 is 0. The quantitative estimate of drug-likeness (QED) is 0.242. The number of fused-ring (bicyclic) bond motifs is 5. The molecule has 200 valence electrons. The average molecular weight is 523 g/mol. The summed E-state index contributed by atoms with van der Waals surface area (Å²) in [6.07, 6.45) is -0.482. The topological polar surface area (TPSA) is 170 Å². The second-order valence-corrected chi connectivity index (χ2v) is 10.6. The fraction of sp³-hybridized carbons (Fsp3) is 0.407. The second kappa shape index (κ2) is 9.19. The van der Waals surface area contributed by atoms with E-state index in [2.05, 4.69) is 16.0 Å². The normalized spacial score (nSPS) is 26.8. The molecule has 2 unspecified atom stereocenters. The molecule has 6 N–H and O–H groups in total. The van der Waals surface area contributed by atoms with Gasteiger partial charge in [-0.05, 0) is 43.5 Å². The van der Waals surface area contributed by atoms with Crippen molar-refractivity contribution in [1.29, 1.82) is 0 Å². The highest BCUT2D eigenvalue weighted by Gasteiger charge is 2.65. The van der Waals surface area contributed by atoms with Crippen LogP contribution in [0.4, 0.5) is 5.69 Å². The average Bonchev–Trinajstić information content (AvgIpc) is 3.24. The number of carbonyl (C=O) groups is 4. The number of likely N-dealkylation sites (N-methyl/N-ethyl adjacent to an activating group) is 1. The molecule has 0 radical (unpaired) electrons. The smallest absolute Gasteiger partial charge is 0.239 e. The number of hydrogen-bond donors (Lipinski definition) is 6. The lowest BCUT2D eigenvalue weighted by Gasteiger charge is -2.54. The van der Waals surface area contributed by atoms with Crippen LogP contribution >= 0.6 is 0 Å². The van der Waals surface area contributed by atoms with Gasteiger partial charge >= 0.3 is 0 Å².